The maximum Gasteiger partial charge on any atom is 0.158 e. The Morgan fingerprint density at radius 3 is 2.36 bits per heavy atom. The lowest BCUT2D eigenvalue weighted by Gasteiger charge is -2.15. The largest absolute Gasteiger partial charge is 0.411 e. The molecule has 1 N–H and O–H groups in total. The summed E-state index contributed by atoms with van der Waals surface area (Å²) in [5, 5.41) is 11.4. The van der Waals surface area contributed by atoms with Crippen molar-refractivity contribution in [2.45, 2.75) is 38.4 Å². The Morgan fingerprint density at radius 2 is 2.07 bits per heavy atom. The monoisotopic (exact) mass is 219 g/mol. The van der Waals surface area contributed by atoms with Crippen molar-refractivity contribution >= 4 is 15.5 Å². The predicted octanol–water partition coefficient (Wildman–Crippen LogP) is 1.44. The molecule has 0 aromatic heterocycles. The van der Waals surface area contributed by atoms with Crippen molar-refractivity contribution in [1.82, 2.24) is 0 Å². The van der Waals surface area contributed by atoms with E-state index >= 15 is 0 Å². The highest BCUT2D eigenvalue weighted by atomic mass is 32.2. The topological polar surface area (TPSA) is 66.7 Å². The third kappa shape index (κ3) is 2.26. The van der Waals surface area contributed by atoms with Gasteiger partial charge in [0.1, 0.15) is 5.25 Å². The predicted molar refractivity (Wildman–Crippen MR) is 55.5 cm³/mol. The van der Waals surface area contributed by atoms with Crippen molar-refractivity contribution < 1.29 is 13.6 Å². The van der Waals surface area contributed by atoms with Crippen LogP contribution in [0.5, 0.6) is 0 Å². The molecule has 1 saturated carbocycles. The van der Waals surface area contributed by atoms with E-state index in [2.05, 4.69) is 5.16 Å². The van der Waals surface area contributed by atoms with Gasteiger partial charge >= 0.3 is 0 Å². The normalized spacial score (nSPS) is 20.9. The Balaban J connectivity index is 2.90. The first-order valence-electron chi connectivity index (χ1n) is 5.00. The van der Waals surface area contributed by atoms with Gasteiger partial charge in [0.15, 0.2) is 9.84 Å². The molecular formula is C9H17NO3S. The molecule has 5 heteroatoms. The van der Waals surface area contributed by atoms with E-state index in [4.69, 9.17) is 5.21 Å². The zero-order chi connectivity index (χ0) is 10.8. The van der Waals surface area contributed by atoms with Gasteiger partial charge in [-0.25, -0.2) is 8.42 Å². The van der Waals surface area contributed by atoms with Gasteiger partial charge in [-0.2, -0.15) is 0 Å². The van der Waals surface area contributed by atoms with Crippen LogP contribution in [-0.2, 0) is 9.84 Å². The van der Waals surface area contributed by atoms with E-state index in [1.165, 1.54) is 0 Å². The van der Waals surface area contributed by atoms with Crippen LogP contribution >= 0.6 is 0 Å². The van der Waals surface area contributed by atoms with E-state index in [1.54, 1.807) is 6.92 Å². The molecule has 14 heavy (non-hydrogen) atoms. The first-order valence-corrected chi connectivity index (χ1v) is 6.71. The first kappa shape index (κ1) is 11.5. The van der Waals surface area contributed by atoms with Gasteiger partial charge in [0.05, 0.1) is 5.71 Å². The lowest BCUT2D eigenvalue weighted by molar-refractivity contribution is 0.315. The van der Waals surface area contributed by atoms with Gasteiger partial charge in [-0.05, 0) is 19.3 Å². The molecule has 1 fully saturated rings. The van der Waals surface area contributed by atoms with E-state index in [1.807, 2.05) is 6.92 Å². The van der Waals surface area contributed by atoms with Crippen molar-refractivity contribution in [3.8, 4) is 0 Å². The van der Waals surface area contributed by atoms with Gasteiger partial charge in [0.2, 0.25) is 0 Å². The Morgan fingerprint density at radius 1 is 1.50 bits per heavy atom. The van der Waals surface area contributed by atoms with Crippen LogP contribution in [0.25, 0.3) is 0 Å². The van der Waals surface area contributed by atoms with Crippen LogP contribution in [0.3, 0.4) is 0 Å². The second kappa shape index (κ2) is 4.29. The first-order chi connectivity index (χ1) is 6.56. The minimum absolute atomic E-state index is 0.108. The van der Waals surface area contributed by atoms with Crippen LogP contribution in [-0.4, -0.2) is 30.3 Å². The Kier molecular flexibility index (Phi) is 3.53. The molecule has 4 nitrogen and oxygen atoms in total. The minimum Gasteiger partial charge on any atom is -0.411 e. The molecule has 1 aliphatic rings. The summed E-state index contributed by atoms with van der Waals surface area (Å²) in [6.45, 7) is 3.44. The molecule has 0 aliphatic heterocycles. The molecule has 0 aromatic rings. The molecule has 82 valence electrons. The number of nitrogens with zero attached hydrogens (tertiary/aromatic N) is 1. The fraction of sp³-hybridized carbons (Fsp3) is 0.889. The van der Waals surface area contributed by atoms with E-state index in [9.17, 15) is 8.42 Å². The zero-order valence-electron chi connectivity index (χ0n) is 8.60. The van der Waals surface area contributed by atoms with Crippen molar-refractivity contribution in [3.05, 3.63) is 0 Å². The average Bonchev–Trinajstić information content (AvgIpc) is 2.96. The fourth-order valence-electron chi connectivity index (χ4n) is 1.64. The molecule has 1 aliphatic carbocycles. The molecule has 1 atom stereocenters. The standard InChI is InChI=1S/C9H17NO3S/c1-3-8(14(12,13)4-2)9(10-11)7-5-6-7/h7-8,11H,3-6H2,1-2H3/b10-9-/t8-/m1/s1. The number of sulfone groups is 1. The molecule has 0 aromatic carbocycles. The summed E-state index contributed by atoms with van der Waals surface area (Å²) in [6, 6.07) is 0. The fourth-order valence-corrected chi connectivity index (χ4v) is 3.15. The van der Waals surface area contributed by atoms with Gasteiger partial charge in [0, 0.05) is 11.7 Å². The summed E-state index contributed by atoms with van der Waals surface area (Å²) < 4.78 is 23.3. The van der Waals surface area contributed by atoms with E-state index in [-0.39, 0.29) is 11.7 Å². The van der Waals surface area contributed by atoms with Gasteiger partial charge in [-0.15, -0.1) is 0 Å². The Hall–Kier alpha value is -0.580. The Labute approximate surface area is 84.9 Å². The molecule has 0 radical (unpaired) electrons. The number of oxime groups is 1. The van der Waals surface area contributed by atoms with Crippen LogP contribution in [0.1, 0.15) is 33.1 Å². The number of hydrogen-bond donors (Lipinski definition) is 1. The van der Waals surface area contributed by atoms with Gasteiger partial charge in [-0.3, -0.25) is 0 Å². The quantitative estimate of drug-likeness (QED) is 0.432. The van der Waals surface area contributed by atoms with Gasteiger partial charge in [0.25, 0.3) is 0 Å². The van der Waals surface area contributed by atoms with E-state index in [0.29, 0.717) is 12.1 Å². The highest BCUT2D eigenvalue weighted by Gasteiger charge is 2.38. The van der Waals surface area contributed by atoms with Crippen LogP contribution < -0.4 is 0 Å². The number of hydrogen-bond acceptors (Lipinski definition) is 4. The van der Waals surface area contributed by atoms with Crippen molar-refractivity contribution in [1.29, 1.82) is 0 Å². The third-order valence-electron chi connectivity index (χ3n) is 2.65. The maximum atomic E-state index is 11.7. The second-order valence-electron chi connectivity index (χ2n) is 3.65. The minimum atomic E-state index is -3.12. The molecule has 0 spiro atoms. The van der Waals surface area contributed by atoms with Gasteiger partial charge in [-0.1, -0.05) is 19.0 Å². The van der Waals surface area contributed by atoms with Crippen LogP contribution in [0.2, 0.25) is 0 Å². The summed E-state index contributed by atoms with van der Waals surface area (Å²) >= 11 is 0. The highest BCUT2D eigenvalue weighted by Crippen LogP contribution is 2.34. The maximum absolute atomic E-state index is 11.7. The molecule has 0 bridgehead atoms. The molecule has 0 saturated heterocycles. The number of rotatable bonds is 5. The third-order valence-corrected chi connectivity index (χ3v) is 4.89. The highest BCUT2D eigenvalue weighted by molar-refractivity contribution is 7.92. The molecule has 0 amide bonds. The summed E-state index contributed by atoms with van der Waals surface area (Å²) in [5.41, 5.74) is 0.467. The molecular weight excluding hydrogens is 202 g/mol. The molecule has 0 heterocycles. The average molecular weight is 219 g/mol. The van der Waals surface area contributed by atoms with E-state index in [0.717, 1.165) is 12.8 Å². The van der Waals surface area contributed by atoms with Gasteiger partial charge < -0.3 is 5.21 Å². The molecule has 1 rings (SSSR count). The van der Waals surface area contributed by atoms with Crippen molar-refractivity contribution in [2.75, 3.05) is 5.75 Å². The summed E-state index contributed by atoms with van der Waals surface area (Å²) in [5.74, 6) is 0.309. The summed E-state index contributed by atoms with van der Waals surface area (Å²) in [6.07, 6.45) is 2.40. The second-order valence-corrected chi connectivity index (χ2v) is 6.12. The Bertz CT molecular complexity index is 317. The van der Waals surface area contributed by atoms with E-state index < -0.39 is 15.1 Å². The van der Waals surface area contributed by atoms with Crippen LogP contribution in [0.15, 0.2) is 5.16 Å². The van der Waals surface area contributed by atoms with Crippen molar-refractivity contribution in [2.24, 2.45) is 11.1 Å². The van der Waals surface area contributed by atoms with Crippen LogP contribution in [0.4, 0.5) is 0 Å². The van der Waals surface area contributed by atoms with Crippen molar-refractivity contribution in [3.63, 3.8) is 0 Å². The smallest absolute Gasteiger partial charge is 0.158 e. The summed E-state index contributed by atoms with van der Waals surface area (Å²) in [7, 11) is -3.12. The lowest BCUT2D eigenvalue weighted by atomic mass is 10.1. The summed E-state index contributed by atoms with van der Waals surface area (Å²) in [4.78, 5) is 0. The lowest BCUT2D eigenvalue weighted by Crippen LogP contribution is -2.32. The SMILES string of the molecule is CC[C@H](/C(=N\O)C1CC1)S(=O)(=O)CC. The van der Waals surface area contributed by atoms with Crippen LogP contribution in [0, 0.1) is 5.92 Å². The molecule has 0 unspecified atom stereocenters. The zero-order valence-corrected chi connectivity index (χ0v) is 9.42.